The summed E-state index contributed by atoms with van der Waals surface area (Å²) in [7, 11) is 2.04. The fraction of sp³-hybridized carbons (Fsp3) is 0.471. The van der Waals surface area contributed by atoms with Gasteiger partial charge in [0.2, 0.25) is 0 Å². The molecule has 2 aromatic heterocycles. The summed E-state index contributed by atoms with van der Waals surface area (Å²) in [6.45, 7) is 2.37. The molecule has 3 heterocycles. The smallest absolute Gasteiger partial charge is 0.384 e. The summed E-state index contributed by atoms with van der Waals surface area (Å²) >= 11 is 0. The number of rotatable bonds is 6. The van der Waals surface area contributed by atoms with E-state index in [9.17, 15) is 13.2 Å². The fourth-order valence-corrected chi connectivity index (χ4v) is 2.86. The number of nitrogens with one attached hydrogen (secondary N) is 2. The van der Waals surface area contributed by atoms with E-state index < -0.39 is 12.2 Å². The Labute approximate surface area is 164 Å². The molecule has 0 atom stereocenters. The van der Waals surface area contributed by atoms with Gasteiger partial charge in [-0.3, -0.25) is 0 Å². The predicted molar refractivity (Wildman–Crippen MR) is 97.5 cm³/mol. The molecule has 0 bridgehead atoms. The Morgan fingerprint density at radius 1 is 1.21 bits per heavy atom. The van der Waals surface area contributed by atoms with Crippen molar-refractivity contribution in [3.8, 4) is 11.9 Å². The number of aromatic nitrogens is 4. The van der Waals surface area contributed by atoms with Gasteiger partial charge in [-0.15, -0.1) is 23.4 Å². The van der Waals surface area contributed by atoms with Crippen LogP contribution in [0.15, 0.2) is 18.5 Å². The minimum Gasteiger partial charge on any atom is -0.384 e. The van der Waals surface area contributed by atoms with Crippen molar-refractivity contribution in [3.63, 3.8) is 0 Å². The lowest BCUT2D eigenvalue weighted by molar-refractivity contribution is -0.276. The van der Waals surface area contributed by atoms with Crippen molar-refractivity contribution in [2.75, 3.05) is 37.3 Å². The fourth-order valence-electron chi connectivity index (χ4n) is 2.86. The lowest BCUT2D eigenvalue weighted by atomic mass is 9.97. The van der Waals surface area contributed by atoms with E-state index in [4.69, 9.17) is 5.26 Å². The quantitative estimate of drug-likeness (QED) is 0.745. The highest BCUT2D eigenvalue weighted by Crippen LogP contribution is 2.30. The number of piperidine rings is 1. The summed E-state index contributed by atoms with van der Waals surface area (Å²) in [5, 5.41) is 21.8. The number of anilines is 3. The van der Waals surface area contributed by atoms with Gasteiger partial charge in [-0.2, -0.15) is 5.26 Å². The average Bonchev–Trinajstić information content (AvgIpc) is 2.69. The van der Waals surface area contributed by atoms with Gasteiger partial charge in [0.1, 0.15) is 17.6 Å². The molecular weight excluding hydrogens is 389 g/mol. The van der Waals surface area contributed by atoms with Gasteiger partial charge in [0.15, 0.2) is 11.5 Å². The molecule has 2 aromatic rings. The van der Waals surface area contributed by atoms with Crippen LogP contribution in [0.3, 0.4) is 0 Å². The summed E-state index contributed by atoms with van der Waals surface area (Å²) in [4.78, 5) is 10.1. The number of alkyl halides is 3. The van der Waals surface area contributed by atoms with Gasteiger partial charge in [0.05, 0.1) is 12.4 Å². The molecule has 0 amide bonds. The first-order valence-electron chi connectivity index (χ1n) is 8.87. The van der Waals surface area contributed by atoms with Crippen LogP contribution in [-0.4, -0.2) is 58.1 Å². The molecule has 3 rings (SSSR count). The second-order valence-electron chi connectivity index (χ2n) is 6.65. The second kappa shape index (κ2) is 8.87. The summed E-state index contributed by atoms with van der Waals surface area (Å²) in [6.07, 6.45) is -0.416. The van der Waals surface area contributed by atoms with Gasteiger partial charge in [0.25, 0.3) is 5.88 Å². The maximum atomic E-state index is 12.7. The van der Waals surface area contributed by atoms with Crippen molar-refractivity contribution >= 4 is 17.3 Å². The van der Waals surface area contributed by atoms with Crippen molar-refractivity contribution in [3.05, 3.63) is 24.2 Å². The Balaban J connectivity index is 1.74. The van der Waals surface area contributed by atoms with Crippen LogP contribution in [0.1, 0.15) is 18.5 Å². The van der Waals surface area contributed by atoms with E-state index in [0.717, 1.165) is 25.9 Å². The van der Waals surface area contributed by atoms with E-state index in [1.807, 2.05) is 13.1 Å². The van der Waals surface area contributed by atoms with E-state index in [0.29, 0.717) is 12.5 Å². The van der Waals surface area contributed by atoms with Gasteiger partial charge in [0, 0.05) is 12.6 Å². The van der Waals surface area contributed by atoms with Gasteiger partial charge in [-0.1, -0.05) is 0 Å². The molecule has 12 heteroatoms. The summed E-state index contributed by atoms with van der Waals surface area (Å²) in [6, 6.07) is 3.21. The lowest BCUT2D eigenvalue weighted by Crippen LogP contribution is -2.33. The van der Waals surface area contributed by atoms with Gasteiger partial charge in [-0.25, -0.2) is 9.97 Å². The predicted octanol–water partition coefficient (Wildman–Crippen LogP) is 2.53. The Morgan fingerprint density at radius 3 is 2.59 bits per heavy atom. The van der Waals surface area contributed by atoms with Gasteiger partial charge in [-0.05, 0) is 38.9 Å². The minimum atomic E-state index is -4.88. The minimum absolute atomic E-state index is 0.0698. The topological polar surface area (TPSA) is 112 Å². The van der Waals surface area contributed by atoms with Crippen molar-refractivity contribution in [1.82, 2.24) is 25.1 Å². The molecular formula is C17H19F3N8O. The van der Waals surface area contributed by atoms with Crippen molar-refractivity contribution in [1.29, 1.82) is 5.26 Å². The van der Waals surface area contributed by atoms with Crippen LogP contribution in [0.25, 0.3) is 0 Å². The lowest BCUT2D eigenvalue weighted by Gasteiger charge is -2.29. The maximum absolute atomic E-state index is 12.7. The summed E-state index contributed by atoms with van der Waals surface area (Å²) in [5.74, 6) is 0.106. The highest BCUT2D eigenvalue weighted by atomic mass is 19.4. The van der Waals surface area contributed by atoms with Gasteiger partial charge < -0.3 is 20.3 Å². The standard InChI is InChI=1S/C17H19F3N8O/c1-28-4-2-11(3-5-28)8-23-13-6-14(26-27-16(13)29-17(18,19)20)25-15-10-22-12(7-21)9-24-15/h6,9-11H,2-5,8H2,1H3,(H2,23,24,25,26). The first-order valence-corrected chi connectivity index (χ1v) is 8.87. The molecule has 1 aliphatic heterocycles. The molecule has 29 heavy (non-hydrogen) atoms. The maximum Gasteiger partial charge on any atom is 0.574 e. The van der Waals surface area contributed by atoms with Crippen LogP contribution in [0.5, 0.6) is 5.88 Å². The third kappa shape index (κ3) is 6.15. The van der Waals surface area contributed by atoms with E-state index in [-0.39, 0.29) is 23.0 Å². The van der Waals surface area contributed by atoms with Crippen LogP contribution in [-0.2, 0) is 0 Å². The van der Waals surface area contributed by atoms with Crippen LogP contribution in [0.4, 0.5) is 30.5 Å². The molecule has 0 aliphatic carbocycles. The molecule has 0 spiro atoms. The number of halogens is 3. The SMILES string of the molecule is CN1CCC(CNc2cc(Nc3cnc(C#N)cn3)nnc2OC(F)(F)F)CC1. The van der Waals surface area contributed by atoms with Gasteiger partial charge >= 0.3 is 6.36 Å². The highest BCUT2D eigenvalue weighted by Gasteiger charge is 2.33. The number of likely N-dealkylation sites (tertiary alicyclic amines) is 1. The van der Waals surface area contributed by atoms with E-state index in [1.165, 1.54) is 18.5 Å². The zero-order valence-corrected chi connectivity index (χ0v) is 15.6. The number of hydrogen-bond donors (Lipinski definition) is 2. The van der Waals surface area contributed by atoms with E-state index in [1.54, 1.807) is 0 Å². The zero-order valence-electron chi connectivity index (χ0n) is 15.6. The van der Waals surface area contributed by atoms with Crippen molar-refractivity contribution in [2.24, 2.45) is 5.92 Å². The molecule has 2 N–H and O–H groups in total. The van der Waals surface area contributed by atoms with Crippen molar-refractivity contribution < 1.29 is 17.9 Å². The third-order valence-corrected chi connectivity index (χ3v) is 4.41. The first-order chi connectivity index (χ1) is 13.8. The number of nitriles is 1. The molecule has 9 nitrogen and oxygen atoms in total. The summed E-state index contributed by atoms with van der Waals surface area (Å²) in [5.41, 5.74) is 0.205. The molecule has 1 aliphatic rings. The molecule has 1 fully saturated rings. The third-order valence-electron chi connectivity index (χ3n) is 4.41. The summed E-state index contributed by atoms with van der Waals surface area (Å²) < 4.78 is 42.1. The van der Waals surface area contributed by atoms with Crippen LogP contribution in [0, 0.1) is 17.2 Å². The van der Waals surface area contributed by atoms with Crippen LogP contribution < -0.4 is 15.4 Å². The molecule has 0 saturated carbocycles. The van der Waals surface area contributed by atoms with Crippen molar-refractivity contribution in [2.45, 2.75) is 19.2 Å². The molecule has 0 unspecified atom stereocenters. The number of nitrogens with zero attached hydrogens (tertiary/aromatic N) is 6. The largest absolute Gasteiger partial charge is 0.574 e. The normalized spacial score (nSPS) is 15.6. The monoisotopic (exact) mass is 408 g/mol. The van der Waals surface area contributed by atoms with E-state index in [2.05, 4.69) is 40.4 Å². The highest BCUT2D eigenvalue weighted by molar-refractivity contribution is 5.61. The second-order valence-corrected chi connectivity index (χ2v) is 6.65. The zero-order chi connectivity index (χ0) is 20.9. The molecule has 1 saturated heterocycles. The molecule has 0 aromatic carbocycles. The number of hydrogen-bond acceptors (Lipinski definition) is 9. The molecule has 154 valence electrons. The van der Waals surface area contributed by atoms with Crippen LogP contribution >= 0.6 is 0 Å². The molecule has 0 radical (unpaired) electrons. The first kappa shape index (κ1) is 20.5. The van der Waals surface area contributed by atoms with E-state index >= 15 is 0 Å². The average molecular weight is 408 g/mol. The Bertz CT molecular complexity index is 860. The Morgan fingerprint density at radius 2 is 1.97 bits per heavy atom. The van der Waals surface area contributed by atoms with Crippen LogP contribution in [0.2, 0.25) is 0 Å². The Hall–Kier alpha value is -3.20. The Kier molecular flexibility index (Phi) is 6.28. The number of ether oxygens (including phenoxy) is 1.